The van der Waals surface area contributed by atoms with Crippen molar-refractivity contribution in [1.29, 1.82) is 0 Å². The number of hydrogen-bond donors (Lipinski definition) is 1. The highest BCUT2D eigenvalue weighted by Gasteiger charge is 2.37. The quantitative estimate of drug-likeness (QED) is 0.858. The predicted molar refractivity (Wildman–Crippen MR) is 77.7 cm³/mol. The number of ether oxygens (including phenoxy) is 1. The molecule has 1 N–H and O–H groups in total. The van der Waals surface area contributed by atoms with Crippen LogP contribution in [-0.4, -0.2) is 40.9 Å². The molecule has 1 amide bonds. The van der Waals surface area contributed by atoms with Gasteiger partial charge in [-0.25, -0.2) is 4.79 Å². The molecule has 1 saturated heterocycles. The van der Waals surface area contributed by atoms with Crippen LogP contribution in [0.4, 0.5) is 4.79 Å². The lowest BCUT2D eigenvalue weighted by Gasteiger charge is -2.24. The molecule has 1 aliphatic heterocycles. The van der Waals surface area contributed by atoms with Gasteiger partial charge in [-0.05, 0) is 38.8 Å². The largest absolute Gasteiger partial charge is 0.444 e. The van der Waals surface area contributed by atoms with Crippen LogP contribution in [0.25, 0.3) is 0 Å². The first-order valence-electron chi connectivity index (χ1n) is 6.99. The van der Waals surface area contributed by atoms with E-state index in [0.717, 1.165) is 11.1 Å². The summed E-state index contributed by atoms with van der Waals surface area (Å²) in [6.07, 6.45) is -0.892. The minimum atomic E-state index is -0.538. The van der Waals surface area contributed by atoms with E-state index >= 15 is 0 Å². The van der Waals surface area contributed by atoms with E-state index < -0.39 is 11.7 Å². The normalized spacial score (nSPS) is 22.9. The van der Waals surface area contributed by atoms with E-state index in [1.807, 2.05) is 52.0 Å². The van der Waals surface area contributed by atoms with E-state index in [9.17, 15) is 9.90 Å². The molecular weight excluding hydrogens is 254 g/mol. The molecule has 0 spiro atoms. The Bertz CT molecular complexity index is 493. The maximum absolute atomic E-state index is 12.1. The van der Waals surface area contributed by atoms with Crippen molar-refractivity contribution < 1.29 is 14.6 Å². The molecule has 0 bridgehead atoms. The zero-order chi connectivity index (χ0) is 14.9. The van der Waals surface area contributed by atoms with Crippen molar-refractivity contribution in [1.82, 2.24) is 4.90 Å². The summed E-state index contributed by atoms with van der Waals surface area (Å²) in [5.74, 6) is -0.0382. The molecule has 1 heterocycles. The van der Waals surface area contributed by atoms with Crippen molar-refractivity contribution in [3.63, 3.8) is 0 Å². The lowest BCUT2D eigenvalue weighted by atomic mass is 9.92. The second-order valence-electron chi connectivity index (χ2n) is 6.42. The van der Waals surface area contributed by atoms with Crippen molar-refractivity contribution in [3.8, 4) is 0 Å². The zero-order valence-corrected chi connectivity index (χ0v) is 12.6. The molecule has 0 radical (unpaired) electrons. The van der Waals surface area contributed by atoms with Crippen LogP contribution in [0.15, 0.2) is 24.3 Å². The molecule has 1 aromatic carbocycles. The minimum Gasteiger partial charge on any atom is -0.444 e. The second-order valence-corrected chi connectivity index (χ2v) is 6.42. The highest BCUT2D eigenvalue weighted by atomic mass is 16.6. The van der Waals surface area contributed by atoms with Crippen molar-refractivity contribution in [3.05, 3.63) is 35.4 Å². The van der Waals surface area contributed by atoms with Gasteiger partial charge in [0.2, 0.25) is 0 Å². The van der Waals surface area contributed by atoms with E-state index in [-0.39, 0.29) is 12.0 Å². The number of hydrogen-bond acceptors (Lipinski definition) is 3. The molecule has 4 nitrogen and oxygen atoms in total. The van der Waals surface area contributed by atoms with Gasteiger partial charge in [0, 0.05) is 12.5 Å². The molecule has 0 aliphatic carbocycles. The Morgan fingerprint density at radius 3 is 2.55 bits per heavy atom. The molecule has 2 rings (SSSR count). The first-order valence-corrected chi connectivity index (χ1v) is 6.99. The monoisotopic (exact) mass is 277 g/mol. The van der Waals surface area contributed by atoms with Gasteiger partial charge >= 0.3 is 6.09 Å². The first kappa shape index (κ1) is 14.9. The van der Waals surface area contributed by atoms with Crippen molar-refractivity contribution in [2.75, 3.05) is 13.1 Å². The summed E-state index contributed by atoms with van der Waals surface area (Å²) in [5, 5.41) is 10.2. The van der Waals surface area contributed by atoms with Gasteiger partial charge in [0.05, 0.1) is 12.6 Å². The molecular formula is C16H23NO3. The molecule has 1 fully saturated rings. The third kappa shape index (κ3) is 3.31. The number of carbonyl (C=O) groups excluding carboxylic acids is 1. The van der Waals surface area contributed by atoms with E-state index in [0.29, 0.717) is 13.1 Å². The molecule has 2 atom stereocenters. The Hall–Kier alpha value is -1.55. The second kappa shape index (κ2) is 5.44. The number of nitrogens with zero attached hydrogens (tertiary/aromatic N) is 1. The first-order chi connectivity index (χ1) is 9.28. The average molecular weight is 277 g/mol. The summed E-state index contributed by atoms with van der Waals surface area (Å²) in [6.45, 7) is 8.38. The number of rotatable bonds is 1. The molecule has 0 unspecified atom stereocenters. The number of amides is 1. The number of aryl methyl sites for hydroxylation is 1. The highest BCUT2D eigenvalue weighted by molar-refractivity contribution is 5.69. The molecule has 4 heteroatoms. The van der Waals surface area contributed by atoms with Crippen molar-refractivity contribution in [2.45, 2.75) is 45.3 Å². The van der Waals surface area contributed by atoms with Crippen LogP contribution >= 0.6 is 0 Å². The third-order valence-corrected chi connectivity index (χ3v) is 3.53. The van der Waals surface area contributed by atoms with Gasteiger partial charge in [0.25, 0.3) is 0 Å². The maximum atomic E-state index is 12.1. The van der Waals surface area contributed by atoms with Crippen LogP contribution in [0.5, 0.6) is 0 Å². The van der Waals surface area contributed by atoms with Gasteiger partial charge in [-0.2, -0.15) is 0 Å². The van der Waals surface area contributed by atoms with Gasteiger partial charge in [0.1, 0.15) is 5.60 Å². The maximum Gasteiger partial charge on any atom is 0.410 e. The lowest BCUT2D eigenvalue weighted by molar-refractivity contribution is 0.0270. The van der Waals surface area contributed by atoms with Crippen LogP contribution in [0.1, 0.15) is 37.8 Å². The molecule has 1 aromatic rings. The fourth-order valence-electron chi connectivity index (χ4n) is 2.57. The minimum absolute atomic E-state index is 0.0382. The van der Waals surface area contributed by atoms with Gasteiger partial charge in [-0.3, -0.25) is 0 Å². The van der Waals surface area contributed by atoms with Crippen LogP contribution in [0.2, 0.25) is 0 Å². The van der Waals surface area contributed by atoms with Gasteiger partial charge in [0.15, 0.2) is 0 Å². The molecule has 110 valence electrons. The van der Waals surface area contributed by atoms with E-state index in [1.54, 1.807) is 4.90 Å². The summed E-state index contributed by atoms with van der Waals surface area (Å²) >= 11 is 0. The number of β-amino-alcohol motifs (C(OH)–C–C–N with tert-alkyl or cyclic N) is 1. The number of likely N-dealkylation sites (tertiary alicyclic amines) is 1. The predicted octanol–water partition coefficient (Wildman–Crippen LogP) is 2.69. The fraction of sp³-hybridized carbons (Fsp3) is 0.562. The number of benzene rings is 1. The Morgan fingerprint density at radius 1 is 1.30 bits per heavy atom. The number of aliphatic hydroxyl groups excluding tert-OH is 1. The Labute approximate surface area is 120 Å². The van der Waals surface area contributed by atoms with Gasteiger partial charge < -0.3 is 14.7 Å². The summed E-state index contributed by atoms with van der Waals surface area (Å²) in [5.41, 5.74) is 1.73. The summed E-state index contributed by atoms with van der Waals surface area (Å²) in [6, 6.07) is 7.98. The van der Waals surface area contributed by atoms with Crippen LogP contribution < -0.4 is 0 Å². The Balaban J connectivity index is 2.10. The molecule has 1 aliphatic rings. The van der Waals surface area contributed by atoms with Crippen LogP contribution in [0.3, 0.4) is 0 Å². The van der Waals surface area contributed by atoms with Crippen LogP contribution in [-0.2, 0) is 4.74 Å². The molecule has 20 heavy (non-hydrogen) atoms. The lowest BCUT2D eigenvalue weighted by Crippen LogP contribution is -2.35. The Morgan fingerprint density at radius 2 is 1.95 bits per heavy atom. The van der Waals surface area contributed by atoms with Crippen LogP contribution in [0, 0.1) is 6.92 Å². The summed E-state index contributed by atoms with van der Waals surface area (Å²) < 4.78 is 5.36. The fourth-order valence-corrected chi connectivity index (χ4v) is 2.57. The van der Waals surface area contributed by atoms with Gasteiger partial charge in [-0.15, -0.1) is 0 Å². The van der Waals surface area contributed by atoms with E-state index in [4.69, 9.17) is 4.74 Å². The summed E-state index contributed by atoms with van der Waals surface area (Å²) in [7, 11) is 0. The summed E-state index contributed by atoms with van der Waals surface area (Å²) in [4.78, 5) is 13.7. The Kier molecular flexibility index (Phi) is 4.04. The SMILES string of the molecule is Cc1ccccc1[C@@H]1CN(C(=O)OC(C)(C)C)C[C@H]1O. The average Bonchev–Trinajstić information content (AvgIpc) is 2.70. The topological polar surface area (TPSA) is 49.8 Å². The standard InChI is InChI=1S/C16H23NO3/c1-11-7-5-6-8-12(11)13-9-17(10-14(13)18)15(19)20-16(2,3)4/h5-8,13-14,18H,9-10H2,1-4H3/t13-,14+/m0/s1. The van der Waals surface area contributed by atoms with E-state index in [2.05, 4.69) is 0 Å². The smallest absolute Gasteiger partial charge is 0.410 e. The van der Waals surface area contributed by atoms with Gasteiger partial charge in [-0.1, -0.05) is 24.3 Å². The third-order valence-electron chi connectivity index (χ3n) is 3.53. The number of carbonyl (C=O) groups is 1. The zero-order valence-electron chi connectivity index (χ0n) is 12.6. The molecule has 0 aromatic heterocycles. The van der Waals surface area contributed by atoms with E-state index in [1.165, 1.54) is 0 Å². The number of aliphatic hydroxyl groups is 1. The van der Waals surface area contributed by atoms with Crippen molar-refractivity contribution in [2.24, 2.45) is 0 Å². The molecule has 0 saturated carbocycles. The highest BCUT2D eigenvalue weighted by Crippen LogP contribution is 2.30. The van der Waals surface area contributed by atoms with Crippen molar-refractivity contribution >= 4 is 6.09 Å².